The molecule has 0 atom stereocenters. The van der Waals surface area contributed by atoms with Gasteiger partial charge in [-0.25, -0.2) is 0 Å². The average Bonchev–Trinajstić information content (AvgIpc) is 3.83. The van der Waals surface area contributed by atoms with Crippen LogP contribution in [0.25, 0.3) is 126 Å². The molecule has 0 aliphatic carbocycles. The van der Waals surface area contributed by atoms with Crippen molar-refractivity contribution in [1.29, 1.82) is 0 Å². The fraction of sp³-hybridized carbons (Fsp3) is 0. The molecule has 65 heavy (non-hydrogen) atoms. The summed E-state index contributed by atoms with van der Waals surface area (Å²) in [6.45, 7) is 0. The monoisotopic (exact) mass is 825 g/mol. The number of aromatic nitrogens is 3. The van der Waals surface area contributed by atoms with Gasteiger partial charge in [-0.15, -0.1) is 10.2 Å². The molecule has 0 aliphatic rings. The van der Waals surface area contributed by atoms with Gasteiger partial charge in [0.05, 0.1) is 0 Å². The highest BCUT2D eigenvalue weighted by Crippen LogP contribution is 2.46. The zero-order valence-electron chi connectivity index (χ0n) is 35.4. The zero-order chi connectivity index (χ0) is 42.8. The predicted molar refractivity (Wildman–Crippen MR) is 274 cm³/mol. The molecule has 0 unspecified atom stereocenters. The van der Waals surface area contributed by atoms with Gasteiger partial charge in [0.2, 0.25) is 0 Å². The highest BCUT2D eigenvalue weighted by atomic mass is 15.3. The number of hydrogen-bond donors (Lipinski definition) is 0. The second kappa shape index (κ2) is 15.0. The molecule has 0 saturated heterocycles. The summed E-state index contributed by atoms with van der Waals surface area (Å²) in [4.78, 5) is 0. The van der Waals surface area contributed by atoms with Gasteiger partial charge in [0, 0.05) is 16.8 Å². The fourth-order valence-electron chi connectivity index (χ4n) is 10.0. The molecule has 0 amide bonds. The van der Waals surface area contributed by atoms with E-state index < -0.39 is 0 Å². The Labute approximate surface area is 376 Å². The van der Waals surface area contributed by atoms with Crippen molar-refractivity contribution in [2.24, 2.45) is 0 Å². The van der Waals surface area contributed by atoms with Crippen LogP contribution in [0, 0.1) is 0 Å². The van der Waals surface area contributed by atoms with Crippen LogP contribution in [0.15, 0.2) is 237 Å². The van der Waals surface area contributed by atoms with Crippen molar-refractivity contribution in [3.8, 4) is 61.8 Å². The molecule has 0 spiro atoms. The predicted octanol–water partition coefficient (Wildman–Crippen LogP) is 16.5. The Bertz CT molecular complexity index is 4010. The van der Waals surface area contributed by atoms with E-state index in [-0.39, 0.29) is 0 Å². The maximum absolute atomic E-state index is 4.91. The minimum absolute atomic E-state index is 0.790. The van der Waals surface area contributed by atoms with Gasteiger partial charge in [-0.3, -0.25) is 4.57 Å². The van der Waals surface area contributed by atoms with Crippen molar-refractivity contribution in [3.05, 3.63) is 237 Å². The Morgan fingerprint density at radius 2 is 0.600 bits per heavy atom. The molecular formula is C62H39N3. The third kappa shape index (κ3) is 6.28. The number of rotatable bonds is 6. The van der Waals surface area contributed by atoms with E-state index in [1.165, 1.54) is 86.9 Å². The maximum atomic E-state index is 4.91. The minimum atomic E-state index is 0.790. The number of fused-ring (bicyclic) bond motifs is 6. The van der Waals surface area contributed by atoms with Crippen LogP contribution in [0.3, 0.4) is 0 Å². The number of hydrogen-bond acceptors (Lipinski definition) is 2. The normalized spacial score (nSPS) is 11.7. The molecule has 3 nitrogen and oxygen atoms in total. The van der Waals surface area contributed by atoms with Crippen LogP contribution in [0.2, 0.25) is 0 Å². The molecule has 0 radical (unpaired) electrons. The van der Waals surface area contributed by atoms with Crippen LogP contribution in [0.5, 0.6) is 0 Å². The molecule has 3 heteroatoms. The van der Waals surface area contributed by atoms with E-state index in [0.29, 0.717) is 0 Å². The van der Waals surface area contributed by atoms with Gasteiger partial charge in [0.25, 0.3) is 0 Å². The molecule has 0 aliphatic heterocycles. The molecule has 1 aromatic heterocycles. The van der Waals surface area contributed by atoms with Crippen LogP contribution in [0.4, 0.5) is 0 Å². The van der Waals surface area contributed by atoms with Crippen molar-refractivity contribution >= 4 is 64.6 Å². The first-order valence-corrected chi connectivity index (χ1v) is 22.2. The second-order valence-corrected chi connectivity index (χ2v) is 17.0. The molecule has 12 aromatic carbocycles. The van der Waals surface area contributed by atoms with Crippen molar-refractivity contribution in [2.45, 2.75) is 0 Å². The molecule has 13 rings (SSSR count). The summed E-state index contributed by atoms with van der Waals surface area (Å²) in [6.07, 6.45) is 0. The largest absolute Gasteiger partial charge is 0.275 e. The van der Waals surface area contributed by atoms with E-state index in [0.717, 1.165) is 39.6 Å². The molecule has 0 fully saturated rings. The van der Waals surface area contributed by atoms with Gasteiger partial charge < -0.3 is 0 Å². The molecule has 0 N–H and O–H groups in total. The summed E-state index contributed by atoms with van der Waals surface area (Å²) in [5.41, 5.74) is 10.2. The summed E-state index contributed by atoms with van der Waals surface area (Å²) in [5, 5.41) is 24.4. The van der Waals surface area contributed by atoms with Gasteiger partial charge in [0.15, 0.2) is 11.6 Å². The fourth-order valence-corrected chi connectivity index (χ4v) is 10.0. The summed E-state index contributed by atoms with van der Waals surface area (Å²) in [6, 6.07) is 85.9. The Hall–Kier alpha value is -8.66. The molecule has 0 bridgehead atoms. The number of benzene rings is 12. The van der Waals surface area contributed by atoms with Gasteiger partial charge in [-0.05, 0) is 134 Å². The molecular weight excluding hydrogens is 787 g/mol. The van der Waals surface area contributed by atoms with E-state index in [1.807, 2.05) is 0 Å². The minimum Gasteiger partial charge on any atom is -0.275 e. The maximum Gasteiger partial charge on any atom is 0.168 e. The molecule has 13 aromatic rings. The van der Waals surface area contributed by atoms with Gasteiger partial charge in [0.1, 0.15) is 0 Å². The summed E-state index contributed by atoms with van der Waals surface area (Å²) in [7, 11) is 0. The van der Waals surface area contributed by atoms with Crippen molar-refractivity contribution in [3.63, 3.8) is 0 Å². The quantitative estimate of drug-likeness (QED) is 0.156. The number of nitrogens with zero attached hydrogens (tertiary/aromatic N) is 3. The lowest BCUT2D eigenvalue weighted by atomic mass is 9.84. The average molecular weight is 826 g/mol. The Balaban J connectivity index is 0.984. The molecule has 1 heterocycles. The first-order chi connectivity index (χ1) is 32.2. The first kappa shape index (κ1) is 36.9. The van der Waals surface area contributed by atoms with Crippen LogP contribution in [-0.4, -0.2) is 14.8 Å². The van der Waals surface area contributed by atoms with E-state index in [1.54, 1.807) is 0 Å². The highest BCUT2D eigenvalue weighted by Gasteiger charge is 2.21. The van der Waals surface area contributed by atoms with E-state index >= 15 is 0 Å². The highest BCUT2D eigenvalue weighted by molar-refractivity contribution is 6.22. The lowest BCUT2D eigenvalue weighted by molar-refractivity contribution is 1.08. The van der Waals surface area contributed by atoms with E-state index in [2.05, 4.69) is 241 Å². The topological polar surface area (TPSA) is 30.7 Å². The van der Waals surface area contributed by atoms with Crippen molar-refractivity contribution in [2.75, 3.05) is 0 Å². The summed E-state index contributed by atoms with van der Waals surface area (Å²) >= 11 is 0. The standard InChI is InChI=1S/C62H39N3/c1-5-15-46-35-51(28-23-40(46)11-1)59-55-19-9-10-20-56(55)60(52-29-24-41-12-2-6-16-47(41)36-52)58-39-50(32-34-57(58)59)44-21-26-45(27-22-44)61-63-64-62(53-30-25-42-13-3-7-17-48(42)37-53)65(61)54-33-31-43-14-4-8-18-49(43)38-54/h1-39H. The zero-order valence-corrected chi connectivity index (χ0v) is 35.4. The van der Waals surface area contributed by atoms with Crippen LogP contribution in [0.1, 0.15) is 0 Å². The van der Waals surface area contributed by atoms with Gasteiger partial charge in [-0.1, -0.05) is 200 Å². The van der Waals surface area contributed by atoms with Crippen LogP contribution >= 0.6 is 0 Å². The lowest BCUT2D eigenvalue weighted by Crippen LogP contribution is -2.00. The van der Waals surface area contributed by atoms with Crippen LogP contribution < -0.4 is 0 Å². The second-order valence-electron chi connectivity index (χ2n) is 17.0. The molecule has 302 valence electrons. The first-order valence-electron chi connectivity index (χ1n) is 22.2. The SMILES string of the molecule is c1ccc2cc(-c3c4ccccc4c(-c4ccc5ccccc5c4)c4cc(-c5ccc(-c6nnc(-c7ccc8ccccc8c7)n6-c6ccc7ccccc7c6)cc5)ccc34)ccc2c1. The smallest absolute Gasteiger partial charge is 0.168 e. The summed E-state index contributed by atoms with van der Waals surface area (Å²) in [5.74, 6) is 1.59. The molecule has 0 saturated carbocycles. The van der Waals surface area contributed by atoms with Crippen LogP contribution in [-0.2, 0) is 0 Å². The van der Waals surface area contributed by atoms with Crippen molar-refractivity contribution in [1.82, 2.24) is 14.8 Å². The summed E-state index contributed by atoms with van der Waals surface area (Å²) < 4.78 is 2.21. The Morgan fingerprint density at radius 3 is 1.15 bits per heavy atom. The third-order valence-corrected chi connectivity index (χ3v) is 13.2. The Kier molecular flexibility index (Phi) is 8.53. The third-order valence-electron chi connectivity index (χ3n) is 13.2. The van der Waals surface area contributed by atoms with Crippen molar-refractivity contribution < 1.29 is 0 Å². The Morgan fingerprint density at radius 1 is 0.231 bits per heavy atom. The van der Waals surface area contributed by atoms with Gasteiger partial charge in [-0.2, -0.15) is 0 Å². The van der Waals surface area contributed by atoms with E-state index in [9.17, 15) is 0 Å². The van der Waals surface area contributed by atoms with E-state index in [4.69, 9.17) is 10.2 Å². The lowest BCUT2D eigenvalue weighted by Gasteiger charge is -2.19. The van der Waals surface area contributed by atoms with Gasteiger partial charge >= 0.3 is 0 Å².